The number of thiol groups is 1. The Morgan fingerprint density at radius 2 is 1.53 bits per heavy atom. The van der Waals surface area contributed by atoms with E-state index in [0.29, 0.717) is 5.41 Å². The highest BCUT2D eigenvalue weighted by Crippen LogP contribution is 2.28. The maximum Gasteiger partial charge on any atom is 0.00332 e. The molecule has 0 N–H and O–H groups in total. The zero-order chi connectivity index (χ0) is 12.6. The summed E-state index contributed by atoms with van der Waals surface area (Å²) in [5, 5.41) is 0. The molecule has 0 aliphatic carbocycles. The van der Waals surface area contributed by atoms with Crippen molar-refractivity contribution in [2.75, 3.05) is 25.4 Å². The van der Waals surface area contributed by atoms with Crippen molar-refractivity contribution in [3.05, 3.63) is 0 Å². The van der Waals surface area contributed by atoms with Crippen LogP contribution < -0.4 is 0 Å². The van der Waals surface area contributed by atoms with Gasteiger partial charge in [0.05, 0.1) is 0 Å². The first kappa shape index (κ1) is 15.4. The molecule has 102 valence electrons. The lowest BCUT2D eigenvalue weighted by Gasteiger charge is -2.19. The lowest BCUT2D eigenvalue weighted by molar-refractivity contribution is 0.284. The van der Waals surface area contributed by atoms with Crippen LogP contribution in [0.2, 0.25) is 0 Å². The molecular formula is C15H31NS. The molecule has 0 saturated carbocycles. The molecule has 2 heteroatoms. The molecule has 0 amide bonds. The molecule has 0 aromatic carbocycles. The van der Waals surface area contributed by atoms with Gasteiger partial charge in [-0.3, -0.25) is 0 Å². The van der Waals surface area contributed by atoms with Crippen LogP contribution in [0, 0.1) is 5.41 Å². The van der Waals surface area contributed by atoms with Gasteiger partial charge in [-0.1, -0.05) is 46.0 Å². The largest absolute Gasteiger partial charge is 0.303 e. The van der Waals surface area contributed by atoms with Crippen LogP contribution in [0.15, 0.2) is 0 Å². The Labute approximate surface area is 114 Å². The molecule has 1 saturated heterocycles. The predicted octanol–water partition coefficient (Wildman–Crippen LogP) is 4.38. The summed E-state index contributed by atoms with van der Waals surface area (Å²) in [6, 6.07) is 0. The molecule has 1 rings (SSSR count). The Bertz CT molecular complexity index is 191. The van der Waals surface area contributed by atoms with E-state index in [-0.39, 0.29) is 0 Å². The second kappa shape index (κ2) is 8.42. The lowest BCUT2D eigenvalue weighted by Crippen LogP contribution is -2.24. The third-order valence-electron chi connectivity index (χ3n) is 3.89. The molecule has 0 unspecified atom stereocenters. The number of unbranched alkanes of at least 4 members (excludes halogenated alkanes) is 6. The summed E-state index contributed by atoms with van der Waals surface area (Å²) in [6.45, 7) is 8.77. The van der Waals surface area contributed by atoms with Crippen LogP contribution in [0.25, 0.3) is 0 Å². The van der Waals surface area contributed by atoms with E-state index in [9.17, 15) is 0 Å². The molecule has 0 aromatic rings. The van der Waals surface area contributed by atoms with Gasteiger partial charge in [0, 0.05) is 6.54 Å². The smallest absolute Gasteiger partial charge is 0.00332 e. The van der Waals surface area contributed by atoms with Crippen molar-refractivity contribution in [1.29, 1.82) is 0 Å². The highest BCUT2D eigenvalue weighted by molar-refractivity contribution is 7.80. The van der Waals surface area contributed by atoms with E-state index in [2.05, 4.69) is 31.4 Å². The first-order valence-corrected chi connectivity index (χ1v) is 8.10. The summed E-state index contributed by atoms with van der Waals surface area (Å²) < 4.78 is 0. The predicted molar refractivity (Wildman–Crippen MR) is 81.0 cm³/mol. The van der Waals surface area contributed by atoms with Gasteiger partial charge in [-0.05, 0) is 43.5 Å². The molecule has 1 fully saturated rings. The summed E-state index contributed by atoms with van der Waals surface area (Å²) in [4.78, 5) is 2.65. The molecule has 1 aliphatic heterocycles. The molecule has 0 radical (unpaired) electrons. The lowest BCUT2D eigenvalue weighted by atomic mass is 9.93. The molecule has 17 heavy (non-hydrogen) atoms. The maximum absolute atomic E-state index is 4.24. The van der Waals surface area contributed by atoms with Crippen LogP contribution in [0.3, 0.4) is 0 Å². The van der Waals surface area contributed by atoms with Crippen molar-refractivity contribution in [2.24, 2.45) is 5.41 Å². The average molecular weight is 257 g/mol. The fraction of sp³-hybridized carbons (Fsp3) is 1.00. The monoisotopic (exact) mass is 257 g/mol. The fourth-order valence-electron chi connectivity index (χ4n) is 2.75. The van der Waals surface area contributed by atoms with Gasteiger partial charge in [-0.25, -0.2) is 0 Å². The van der Waals surface area contributed by atoms with Gasteiger partial charge in [-0.15, -0.1) is 0 Å². The Balaban J connectivity index is 1.85. The zero-order valence-electron chi connectivity index (χ0n) is 11.9. The van der Waals surface area contributed by atoms with E-state index in [1.807, 2.05) is 0 Å². The summed E-state index contributed by atoms with van der Waals surface area (Å²) in [6.07, 6.45) is 11.2. The van der Waals surface area contributed by atoms with Gasteiger partial charge in [0.15, 0.2) is 0 Å². The standard InChI is InChI=1S/C15H31NS/c1-15(2)10-12-16(14-15)11-8-6-4-3-5-7-9-13-17/h17H,3-14H2,1-2H3. The van der Waals surface area contributed by atoms with Gasteiger partial charge in [0.1, 0.15) is 0 Å². The Morgan fingerprint density at radius 3 is 2.06 bits per heavy atom. The highest BCUT2D eigenvalue weighted by Gasteiger charge is 2.28. The topological polar surface area (TPSA) is 3.24 Å². The fourth-order valence-corrected chi connectivity index (χ4v) is 2.97. The molecular weight excluding hydrogens is 226 g/mol. The SMILES string of the molecule is CC1(C)CCN(CCCCCCCCCS)C1. The maximum atomic E-state index is 4.24. The Hall–Kier alpha value is 0.310. The number of hydrogen-bond acceptors (Lipinski definition) is 2. The van der Waals surface area contributed by atoms with Gasteiger partial charge in [-0.2, -0.15) is 12.6 Å². The van der Waals surface area contributed by atoms with Crippen molar-refractivity contribution >= 4 is 12.6 Å². The van der Waals surface area contributed by atoms with E-state index < -0.39 is 0 Å². The van der Waals surface area contributed by atoms with Crippen molar-refractivity contribution < 1.29 is 0 Å². The van der Waals surface area contributed by atoms with Gasteiger partial charge in [0.2, 0.25) is 0 Å². The van der Waals surface area contributed by atoms with Crippen LogP contribution in [-0.2, 0) is 0 Å². The molecule has 1 aliphatic rings. The van der Waals surface area contributed by atoms with E-state index in [1.54, 1.807) is 0 Å². The molecule has 0 bridgehead atoms. The molecule has 1 nitrogen and oxygen atoms in total. The van der Waals surface area contributed by atoms with Crippen LogP contribution >= 0.6 is 12.6 Å². The number of likely N-dealkylation sites (tertiary alicyclic amines) is 1. The van der Waals surface area contributed by atoms with Crippen molar-refractivity contribution in [3.8, 4) is 0 Å². The van der Waals surface area contributed by atoms with E-state index in [0.717, 1.165) is 5.75 Å². The van der Waals surface area contributed by atoms with Crippen LogP contribution in [-0.4, -0.2) is 30.3 Å². The Morgan fingerprint density at radius 1 is 0.941 bits per heavy atom. The van der Waals surface area contributed by atoms with E-state index in [4.69, 9.17) is 0 Å². The second-order valence-electron chi connectivity index (χ2n) is 6.39. The van der Waals surface area contributed by atoms with Crippen molar-refractivity contribution in [2.45, 2.75) is 65.2 Å². The van der Waals surface area contributed by atoms with Crippen molar-refractivity contribution in [3.63, 3.8) is 0 Å². The summed E-state index contributed by atoms with van der Waals surface area (Å²) in [5.41, 5.74) is 0.576. The van der Waals surface area contributed by atoms with Crippen LogP contribution in [0.1, 0.15) is 65.2 Å². The van der Waals surface area contributed by atoms with Gasteiger partial charge in [0.25, 0.3) is 0 Å². The van der Waals surface area contributed by atoms with Gasteiger partial charge < -0.3 is 4.90 Å². The number of nitrogens with zero attached hydrogens (tertiary/aromatic N) is 1. The molecule has 0 atom stereocenters. The average Bonchev–Trinajstić information content (AvgIpc) is 2.62. The Kier molecular flexibility index (Phi) is 7.61. The third kappa shape index (κ3) is 7.35. The summed E-state index contributed by atoms with van der Waals surface area (Å²) in [5.74, 6) is 1.06. The van der Waals surface area contributed by atoms with Gasteiger partial charge >= 0.3 is 0 Å². The minimum absolute atomic E-state index is 0.576. The minimum Gasteiger partial charge on any atom is -0.303 e. The first-order chi connectivity index (χ1) is 8.14. The van der Waals surface area contributed by atoms with Crippen LogP contribution in [0.5, 0.6) is 0 Å². The van der Waals surface area contributed by atoms with E-state index >= 15 is 0 Å². The quantitative estimate of drug-likeness (QED) is 0.474. The molecule has 0 aromatic heterocycles. The number of rotatable bonds is 9. The summed E-state index contributed by atoms with van der Waals surface area (Å²) in [7, 11) is 0. The van der Waals surface area contributed by atoms with Crippen LogP contribution in [0.4, 0.5) is 0 Å². The first-order valence-electron chi connectivity index (χ1n) is 7.47. The van der Waals surface area contributed by atoms with Crippen molar-refractivity contribution in [1.82, 2.24) is 4.90 Å². The minimum atomic E-state index is 0.576. The highest BCUT2D eigenvalue weighted by atomic mass is 32.1. The third-order valence-corrected chi connectivity index (χ3v) is 4.21. The molecule has 1 heterocycles. The zero-order valence-corrected chi connectivity index (χ0v) is 12.8. The second-order valence-corrected chi connectivity index (χ2v) is 6.84. The number of hydrogen-bond donors (Lipinski definition) is 1. The summed E-state index contributed by atoms with van der Waals surface area (Å²) >= 11 is 4.24. The van der Waals surface area contributed by atoms with E-state index in [1.165, 1.54) is 71.0 Å². The normalized spacial score (nSPS) is 19.9. The molecule has 0 spiro atoms.